The first-order valence-corrected chi connectivity index (χ1v) is 3.64. The summed E-state index contributed by atoms with van der Waals surface area (Å²) in [5.41, 5.74) is 0. The topological polar surface area (TPSA) is 26.3 Å². The summed E-state index contributed by atoms with van der Waals surface area (Å²) >= 11 is 4.88. The lowest BCUT2D eigenvalue weighted by molar-refractivity contribution is -0.149. The highest BCUT2D eigenvalue weighted by Gasteiger charge is 2.31. The third-order valence-electron chi connectivity index (χ3n) is 0.904. The van der Waals surface area contributed by atoms with Crippen molar-refractivity contribution in [1.29, 1.82) is 0 Å². The summed E-state index contributed by atoms with van der Waals surface area (Å²) in [4.78, 5) is 10.5. The summed E-state index contributed by atoms with van der Waals surface area (Å²) in [5.74, 6) is -4.92. The molecule has 0 aromatic rings. The van der Waals surface area contributed by atoms with Gasteiger partial charge in [0.1, 0.15) is 6.42 Å². The van der Waals surface area contributed by atoms with Crippen molar-refractivity contribution < 1.29 is 18.3 Å². The molecule has 0 atom stereocenters. The highest BCUT2D eigenvalue weighted by molar-refractivity contribution is 6.18. The van der Waals surface area contributed by atoms with Crippen LogP contribution in [0.3, 0.4) is 0 Å². The van der Waals surface area contributed by atoms with Gasteiger partial charge in [-0.15, -0.1) is 11.6 Å². The number of hydrogen-bond acceptors (Lipinski definition) is 2. The van der Waals surface area contributed by atoms with Gasteiger partial charge in [-0.3, -0.25) is 4.79 Å². The molecule has 66 valence electrons. The summed E-state index contributed by atoms with van der Waals surface area (Å²) in [7, 11) is 0. The molecule has 0 saturated heterocycles. The Labute approximate surface area is 68.5 Å². The molecular formula is C6H9ClF2O2. The number of hydrogen-bond donors (Lipinski definition) is 0. The first kappa shape index (κ1) is 10.6. The maximum absolute atomic E-state index is 12.3. The molecule has 0 aliphatic carbocycles. The van der Waals surface area contributed by atoms with Crippen LogP contribution in [-0.2, 0) is 9.53 Å². The maximum atomic E-state index is 12.3. The Kier molecular flexibility index (Phi) is 4.33. The van der Waals surface area contributed by atoms with Crippen molar-refractivity contribution in [3.05, 3.63) is 0 Å². The Morgan fingerprint density at radius 1 is 1.64 bits per heavy atom. The molecule has 0 radical (unpaired) electrons. The van der Waals surface area contributed by atoms with E-state index >= 15 is 0 Å². The number of alkyl halides is 3. The zero-order valence-electron chi connectivity index (χ0n) is 6.07. The highest BCUT2D eigenvalue weighted by atomic mass is 35.5. The van der Waals surface area contributed by atoms with Crippen LogP contribution in [0.15, 0.2) is 0 Å². The Morgan fingerprint density at radius 3 is 2.55 bits per heavy atom. The minimum Gasteiger partial charge on any atom is -0.466 e. The molecule has 0 bridgehead atoms. The van der Waals surface area contributed by atoms with Crippen LogP contribution in [0.4, 0.5) is 8.78 Å². The molecule has 0 aliphatic rings. The molecular weight excluding hydrogens is 178 g/mol. The zero-order valence-corrected chi connectivity index (χ0v) is 6.83. The van der Waals surface area contributed by atoms with Crippen LogP contribution in [0, 0.1) is 0 Å². The quantitative estimate of drug-likeness (QED) is 0.495. The van der Waals surface area contributed by atoms with Gasteiger partial charge in [-0.05, 0) is 6.92 Å². The van der Waals surface area contributed by atoms with Crippen LogP contribution in [0.25, 0.3) is 0 Å². The first-order chi connectivity index (χ1) is 5.02. The molecule has 0 amide bonds. The average Bonchev–Trinajstić information content (AvgIpc) is 1.87. The summed E-state index contributed by atoms with van der Waals surface area (Å²) in [6, 6.07) is 0. The molecule has 0 N–H and O–H groups in total. The van der Waals surface area contributed by atoms with Crippen LogP contribution in [-0.4, -0.2) is 24.4 Å². The van der Waals surface area contributed by atoms with Crippen molar-refractivity contribution in [2.75, 3.05) is 12.5 Å². The summed E-state index contributed by atoms with van der Waals surface area (Å²) in [6.07, 6.45) is -0.940. The fraction of sp³-hybridized carbons (Fsp3) is 0.833. The number of rotatable bonds is 4. The van der Waals surface area contributed by atoms with E-state index < -0.39 is 24.2 Å². The average molecular weight is 187 g/mol. The van der Waals surface area contributed by atoms with Gasteiger partial charge < -0.3 is 4.74 Å². The predicted octanol–water partition coefficient (Wildman–Crippen LogP) is 1.81. The minimum atomic E-state index is -3.15. The van der Waals surface area contributed by atoms with E-state index in [0.29, 0.717) is 0 Å². The van der Waals surface area contributed by atoms with Crippen molar-refractivity contribution in [3.63, 3.8) is 0 Å². The lowest BCUT2D eigenvalue weighted by atomic mass is 10.3. The number of carbonyl (C=O) groups excluding carboxylic acids is 1. The standard InChI is InChI=1S/C6H9ClF2O2/c1-2-11-5(10)3-6(8,9)4-7/h2-4H2,1H3. The largest absolute Gasteiger partial charge is 0.466 e. The number of esters is 1. The number of ether oxygens (including phenoxy) is 1. The van der Waals surface area contributed by atoms with E-state index in [1.54, 1.807) is 6.92 Å². The normalized spacial score (nSPS) is 11.3. The van der Waals surface area contributed by atoms with Crippen LogP contribution >= 0.6 is 11.6 Å². The van der Waals surface area contributed by atoms with Gasteiger partial charge in [0.25, 0.3) is 5.92 Å². The van der Waals surface area contributed by atoms with Crippen LogP contribution in [0.1, 0.15) is 13.3 Å². The van der Waals surface area contributed by atoms with Gasteiger partial charge in [0, 0.05) is 0 Å². The SMILES string of the molecule is CCOC(=O)CC(F)(F)CCl. The van der Waals surface area contributed by atoms with Gasteiger partial charge in [-0.2, -0.15) is 0 Å². The Bertz CT molecular complexity index is 139. The van der Waals surface area contributed by atoms with E-state index in [-0.39, 0.29) is 6.61 Å². The van der Waals surface area contributed by atoms with Gasteiger partial charge in [0.15, 0.2) is 0 Å². The second-order valence-electron chi connectivity index (χ2n) is 1.97. The van der Waals surface area contributed by atoms with Gasteiger partial charge in [-0.1, -0.05) is 0 Å². The van der Waals surface area contributed by atoms with Crippen molar-refractivity contribution >= 4 is 17.6 Å². The van der Waals surface area contributed by atoms with Crippen LogP contribution in [0.2, 0.25) is 0 Å². The van der Waals surface area contributed by atoms with E-state index in [1.165, 1.54) is 0 Å². The molecule has 0 aliphatic heterocycles. The summed E-state index contributed by atoms with van der Waals surface area (Å²) in [5, 5.41) is 0. The van der Waals surface area contributed by atoms with Gasteiger partial charge in [0.2, 0.25) is 0 Å². The molecule has 5 heteroatoms. The minimum absolute atomic E-state index is 0.108. The van der Waals surface area contributed by atoms with Gasteiger partial charge in [0.05, 0.1) is 12.5 Å². The third-order valence-corrected chi connectivity index (χ3v) is 1.29. The van der Waals surface area contributed by atoms with Crippen LogP contribution in [0.5, 0.6) is 0 Å². The smallest absolute Gasteiger partial charge is 0.311 e. The van der Waals surface area contributed by atoms with E-state index in [0.717, 1.165) is 0 Å². The monoisotopic (exact) mass is 186 g/mol. The van der Waals surface area contributed by atoms with E-state index in [4.69, 9.17) is 11.6 Å². The van der Waals surface area contributed by atoms with Crippen molar-refractivity contribution in [2.24, 2.45) is 0 Å². The second kappa shape index (κ2) is 4.49. The van der Waals surface area contributed by atoms with Crippen molar-refractivity contribution in [1.82, 2.24) is 0 Å². The van der Waals surface area contributed by atoms with Crippen molar-refractivity contribution in [3.8, 4) is 0 Å². The van der Waals surface area contributed by atoms with E-state index in [2.05, 4.69) is 4.74 Å². The maximum Gasteiger partial charge on any atom is 0.311 e. The van der Waals surface area contributed by atoms with Crippen molar-refractivity contribution in [2.45, 2.75) is 19.3 Å². The molecule has 0 spiro atoms. The third kappa shape index (κ3) is 4.95. The molecule has 0 aromatic carbocycles. The molecule has 11 heavy (non-hydrogen) atoms. The molecule has 0 heterocycles. The Hall–Kier alpha value is -0.380. The van der Waals surface area contributed by atoms with Gasteiger partial charge in [-0.25, -0.2) is 8.78 Å². The predicted molar refractivity (Wildman–Crippen MR) is 36.9 cm³/mol. The van der Waals surface area contributed by atoms with E-state index in [9.17, 15) is 13.6 Å². The Morgan fingerprint density at radius 2 is 2.18 bits per heavy atom. The van der Waals surface area contributed by atoms with E-state index in [1.807, 2.05) is 0 Å². The number of carbonyl (C=O) groups is 1. The number of halogens is 3. The zero-order chi connectivity index (χ0) is 8.91. The van der Waals surface area contributed by atoms with Crippen LogP contribution < -0.4 is 0 Å². The fourth-order valence-corrected chi connectivity index (χ4v) is 0.565. The highest BCUT2D eigenvalue weighted by Crippen LogP contribution is 2.20. The molecule has 0 saturated carbocycles. The summed E-state index contributed by atoms with van der Waals surface area (Å²) in [6.45, 7) is 1.66. The van der Waals surface area contributed by atoms with Gasteiger partial charge >= 0.3 is 5.97 Å². The lowest BCUT2D eigenvalue weighted by Crippen LogP contribution is -2.24. The molecule has 0 unspecified atom stereocenters. The Balaban J connectivity index is 3.74. The summed E-state index contributed by atoms with van der Waals surface area (Å²) < 4.78 is 28.9. The molecule has 0 aromatic heterocycles. The molecule has 0 fully saturated rings. The molecule has 2 nitrogen and oxygen atoms in total. The fourth-order valence-electron chi connectivity index (χ4n) is 0.470. The second-order valence-corrected chi connectivity index (χ2v) is 2.24. The first-order valence-electron chi connectivity index (χ1n) is 3.11. The lowest BCUT2D eigenvalue weighted by Gasteiger charge is -2.10. The molecule has 0 rings (SSSR count).